The van der Waals surface area contributed by atoms with Crippen molar-refractivity contribution in [3.63, 3.8) is 0 Å². The number of nitrogen functional groups attached to an aromatic ring is 3. The molecule has 0 saturated heterocycles. The Labute approximate surface area is 188 Å². The van der Waals surface area contributed by atoms with Gasteiger partial charge in [-0.2, -0.15) is 0 Å². The summed E-state index contributed by atoms with van der Waals surface area (Å²) in [5.74, 6) is 0. The molecule has 4 aromatic rings. The molecular weight excluding hydrogens is 420 g/mol. The molecule has 168 valence electrons. The quantitative estimate of drug-likeness (QED) is 0.411. The summed E-state index contributed by atoms with van der Waals surface area (Å²) in [6.07, 6.45) is 0. The summed E-state index contributed by atoms with van der Waals surface area (Å²) >= 11 is 0. The van der Waals surface area contributed by atoms with Gasteiger partial charge >= 0.3 is 17.1 Å². The van der Waals surface area contributed by atoms with Gasteiger partial charge in [0.05, 0.1) is 17.1 Å². The molecule has 1 aromatic heterocycles. The van der Waals surface area contributed by atoms with Gasteiger partial charge in [-0.15, -0.1) is 0 Å². The number of rotatable bonds is 3. The lowest BCUT2D eigenvalue weighted by molar-refractivity contribution is 0.660. The Morgan fingerprint density at radius 2 is 0.727 bits per heavy atom. The Balaban J connectivity index is 2.17. The van der Waals surface area contributed by atoms with Gasteiger partial charge in [0.15, 0.2) is 0 Å². The fourth-order valence-corrected chi connectivity index (χ4v) is 3.51. The highest BCUT2D eigenvalue weighted by atomic mass is 16.2. The molecule has 0 aliphatic rings. The fourth-order valence-electron chi connectivity index (χ4n) is 3.51. The zero-order valence-electron chi connectivity index (χ0n) is 18.5. The SMILES string of the molecule is Cc1ccc(-n2c(=O)n(-c3ccc(C)c(N)c3)c(=O)n(-c3ccc(C)c(N)c3)c2=O)cc1N. The van der Waals surface area contributed by atoms with E-state index in [2.05, 4.69) is 0 Å². The van der Waals surface area contributed by atoms with Gasteiger partial charge in [-0.1, -0.05) is 18.2 Å². The molecule has 9 heteroatoms. The molecule has 0 aliphatic heterocycles. The highest BCUT2D eigenvalue weighted by molar-refractivity contribution is 5.56. The molecule has 0 bridgehead atoms. The van der Waals surface area contributed by atoms with E-state index in [1.165, 1.54) is 18.2 Å². The van der Waals surface area contributed by atoms with E-state index in [1.807, 2.05) is 20.8 Å². The molecule has 33 heavy (non-hydrogen) atoms. The third-order valence-electron chi connectivity index (χ3n) is 5.71. The molecule has 3 aromatic carbocycles. The third kappa shape index (κ3) is 3.59. The Hall–Kier alpha value is -4.53. The van der Waals surface area contributed by atoms with Crippen LogP contribution >= 0.6 is 0 Å². The second kappa shape index (κ2) is 7.86. The molecule has 0 spiro atoms. The van der Waals surface area contributed by atoms with Crippen LogP contribution in [0.5, 0.6) is 0 Å². The van der Waals surface area contributed by atoms with Crippen molar-refractivity contribution in [2.45, 2.75) is 20.8 Å². The summed E-state index contributed by atoms with van der Waals surface area (Å²) in [7, 11) is 0. The van der Waals surface area contributed by atoms with E-state index in [9.17, 15) is 14.4 Å². The zero-order chi connectivity index (χ0) is 24.0. The molecule has 0 atom stereocenters. The average molecular weight is 444 g/mol. The lowest BCUT2D eigenvalue weighted by Crippen LogP contribution is -2.52. The van der Waals surface area contributed by atoms with Gasteiger partial charge in [-0.05, 0) is 73.9 Å². The van der Waals surface area contributed by atoms with Crippen molar-refractivity contribution in [3.05, 3.63) is 103 Å². The first-order chi connectivity index (χ1) is 15.6. The van der Waals surface area contributed by atoms with Crippen LogP contribution in [0.15, 0.2) is 69.0 Å². The Morgan fingerprint density at radius 1 is 0.485 bits per heavy atom. The topological polar surface area (TPSA) is 144 Å². The first-order valence-corrected chi connectivity index (χ1v) is 10.2. The minimum Gasteiger partial charge on any atom is -0.398 e. The van der Waals surface area contributed by atoms with Crippen LogP contribution in [-0.4, -0.2) is 13.7 Å². The first-order valence-electron chi connectivity index (χ1n) is 10.2. The monoisotopic (exact) mass is 444 g/mol. The van der Waals surface area contributed by atoms with Gasteiger partial charge in [0.25, 0.3) is 0 Å². The largest absolute Gasteiger partial charge is 0.398 e. The fraction of sp³-hybridized carbons (Fsp3) is 0.125. The molecule has 0 saturated carbocycles. The average Bonchev–Trinajstić information content (AvgIpc) is 2.75. The van der Waals surface area contributed by atoms with Crippen LogP contribution in [0.2, 0.25) is 0 Å². The van der Waals surface area contributed by atoms with E-state index in [0.29, 0.717) is 17.1 Å². The van der Waals surface area contributed by atoms with Crippen molar-refractivity contribution < 1.29 is 0 Å². The Bertz CT molecular complexity index is 1370. The molecule has 0 aliphatic carbocycles. The summed E-state index contributed by atoms with van der Waals surface area (Å²) in [6.45, 7) is 5.43. The van der Waals surface area contributed by atoms with Crippen LogP contribution in [0.1, 0.15) is 16.7 Å². The maximum Gasteiger partial charge on any atom is 0.345 e. The van der Waals surface area contributed by atoms with Crippen molar-refractivity contribution in [1.29, 1.82) is 0 Å². The van der Waals surface area contributed by atoms with Crippen molar-refractivity contribution in [2.24, 2.45) is 0 Å². The van der Waals surface area contributed by atoms with Crippen LogP contribution in [-0.2, 0) is 0 Å². The number of nitrogens with zero attached hydrogens (tertiary/aromatic N) is 3. The van der Waals surface area contributed by atoms with Crippen molar-refractivity contribution >= 4 is 17.1 Å². The van der Waals surface area contributed by atoms with Crippen LogP contribution in [0.25, 0.3) is 17.1 Å². The highest BCUT2D eigenvalue weighted by Crippen LogP contribution is 2.18. The van der Waals surface area contributed by atoms with E-state index in [4.69, 9.17) is 17.2 Å². The third-order valence-corrected chi connectivity index (χ3v) is 5.71. The van der Waals surface area contributed by atoms with Gasteiger partial charge in [-0.3, -0.25) is 0 Å². The predicted octanol–water partition coefficient (Wildman–Crippen LogP) is 1.81. The van der Waals surface area contributed by atoms with Gasteiger partial charge in [0.1, 0.15) is 0 Å². The Kier molecular flexibility index (Phi) is 5.17. The molecule has 4 rings (SSSR count). The van der Waals surface area contributed by atoms with Gasteiger partial charge in [-0.25, -0.2) is 28.1 Å². The zero-order valence-corrected chi connectivity index (χ0v) is 18.5. The lowest BCUT2D eigenvalue weighted by Gasteiger charge is -2.16. The van der Waals surface area contributed by atoms with E-state index in [-0.39, 0.29) is 17.1 Å². The van der Waals surface area contributed by atoms with E-state index >= 15 is 0 Å². The Morgan fingerprint density at radius 3 is 0.939 bits per heavy atom. The summed E-state index contributed by atoms with van der Waals surface area (Å²) in [5.41, 5.74) is 19.9. The number of nitrogens with two attached hydrogens (primary N) is 3. The molecule has 1 heterocycles. The number of aromatic nitrogens is 3. The maximum atomic E-state index is 13.5. The standard InChI is InChI=1S/C24H24N6O3/c1-13-4-7-16(10-19(13)25)28-22(31)29(17-8-5-14(2)20(26)11-17)24(33)30(23(28)32)18-9-6-15(3)21(27)12-18/h4-12H,25-27H2,1-3H3. The number of benzene rings is 3. The molecule has 0 radical (unpaired) electrons. The van der Waals surface area contributed by atoms with Crippen LogP contribution in [0.3, 0.4) is 0 Å². The smallest absolute Gasteiger partial charge is 0.345 e. The number of hydrogen-bond acceptors (Lipinski definition) is 6. The van der Waals surface area contributed by atoms with Crippen LogP contribution in [0, 0.1) is 20.8 Å². The molecular formula is C24H24N6O3. The van der Waals surface area contributed by atoms with Gasteiger partial charge in [0.2, 0.25) is 0 Å². The highest BCUT2D eigenvalue weighted by Gasteiger charge is 2.20. The van der Waals surface area contributed by atoms with E-state index < -0.39 is 17.1 Å². The van der Waals surface area contributed by atoms with Crippen LogP contribution in [0.4, 0.5) is 17.1 Å². The van der Waals surface area contributed by atoms with Crippen molar-refractivity contribution in [2.75, 3.05) is 17.2 Å². The summed E-state index contributed by atoms with van der Waals surface area (Å²) in [5, 5.41) is 0. The molecule has 6 N–H and O–H groups in total. The summed E-state index contributed by atoms with van der Waals surface area (Å²) in [4.78, 5) is 40.5. The number of hydrogen-bond donors (Lipinski definition) is 3. The van der Waals surface area contributed by atoms with Gasteiger partial charge < -0.3 is 17.2 Å². The minimum absolute atomic E-state index is 0.232. The first kappa shape index (κ1) is 21.7. The minimum atomic E-state index is -0.840. The molecule has 9 nitrogen and oxygen atoms in total. The number of anilines is 3. The lowest BCUT2D eigenvalue weighted by atomic mass is 10.2. The molecule has 0 unspecified atom stereocenters. The van der Waals surface area contributed by atoms with Crippen LogP contribution < -0.4 is 34.3 Å². The second-order valence-electron chi connectivity index (χ2n) is 7.98. The predicted molar refractivity (Wildman–Crippen MR) is 131 cm³/mol. The summed E-state index contributed by atoms with van der Waals surface area (Å²) in [6, 6.07) is 14.4. The van der Waals surface area contributed by atoms with Gasteiger partial charge in [0, 0.05) is 17.1 Å². The molecule has 0 fully saturated rings. The van der Waals surface area contributed by atoms with E-state index in [0.717, 1.165) is 30.4 Å². The second-order valence-corrected chi connectivity index (χ2v) is 7.98. The summed E-state index contributed by atoms with van der Waals surface area (Å²) < 4.78 is 2.72. The maximum absolute atomic E-state index is 13.5. The molecule has 0 amide bonds. The van der Waals surface area contributed by atoms with Crippen molar-refractivity contribution in [3.8, 4) is 17.1 Å². The van der Waals surface area contributed by atoms with Crippen molar-refractivity contribution in [1.82, 2.24) is 13.7 Å². The number of aryl methyl sites for hydroxylation is 3. The van der Waals surface area contributed by atoms with E-state index in [1.54, 1.807) is 36.4 Å². The normalized spacial score (nSPS) is 11.0.